The van der Waals surface area contributed by atoms with Gasteiger partial charge >= 0.3 is 0 Å². The molecule has 0 saturated carbocycles. The molecule has 7 heteroatoms. The van der Waals surface area contributed by atoms with E-state index in [2.05, 4.69) is 5.32 Å². The van der Waals surface area contributed by atoms with Gasteiger partial charge in [-0.2, -0.15) is 5.26 Å². The standard InChI is InChI=1S/C25H20Cl2N2O3/c1-2-31-21-10-8-20(9-11-21)29-25(30)19(15-28)12-18-13-22(26)24(23(27)14-18)32-16-17-6-4-3-5-7-17/h3-14H,2,16H2,1H3,(H,29,30)/b19-12-. The predicted octanol–water partition coefficient (Wildman–Crippen LogP) is 6.52. The van der Waals surface area contributed by atoms with E-state index in [9.17, 15) is 10.1 Å². The Morgan fingerprint density at radius 1 is 1.03 bits per heavy atom. The Labute approximate surface area is 196 Å². The molecule has 162 valence electrons. The summed E-state index contributed by atoms with van der Waals surface area (Å²) in [6.45, 7) is 2.75. The topological polar surface area (TPSA) is 71.3 Å². The zero-order valence-corrected chi connectivity index (χ0v) is 18.8. The SMILES string of the molecule is CCOc1ccc(NC(=O)/C(C#N)=C\c2cc(Cl)c(OCc3ccccc3)c(Cl)c2)cc1. The lowest BCUT2D eigenvalue weighted by molar-refractivity contribution is -0.112. The van der Waals surface area contributed by atoms with Crippen LogP contribution in [-0.2, 0) is 11.4 Å². The van der Waals surface area contributed by atoms with Gasteiger partial charge in [-0.1, -0.05) is 53.5 Å². The number of rotatable bonds is 8. The Hall–Kier alpha value is -3.46. The first-order valence-corrected chi connectivity index (χ1v) is 10.6. The highest BCUT2D eigenvalue weighted by Gasteiger charge is 2.13. The molecule has 3 aromatic rings. The molecule has 0 aromatic heterocycles. The Kier molecular flexibility index (Phi) is 8.15. The van der Waals surface area contributed by atoms with Crippen LogP contribution in [-0.4, -0.2) is 12.5 Å². The minimum atomic E-state index is -0.548. The first kappa shape index (κ1) is 23.2. The van der Waals surface area contributed by atoms with Crippen molar-refractivity contribution >= 4 is 40.9 Å². The molecule has 3 aromatic carbocycles. The molecule has 0 aliphatic heterocycles. The van der Waals surface area contributed by atoms with Gasteiger partial charge < -0.3 is 14.8 Å². The highest BCUT2D eigenvalue weighted by Crippen LogP contribution is 2.35. The first-order chi connectivity index (χ1) is 15.5. The van der Waals surface area contributed by atoms with Crippen LogP contribution in [0.4, 0.5) is 5.69 Å². The van der Waals surface area contributed by atoms with Crippen molar-refractivity contribution in [2.24, 2.45) is 0 Å². The molecular weight excluding hydrogens is 447 g/mol. The van der Waals surface area contributed by atoms with Crippen LogP contribution >= 0.6 is 23.2 Å². The lowest BCUT2D eigenvalue weighted by Crippen LogP contribution is -2.13. The fourth-order valence-corrected chi connectivity index (χ4v) is 3.46. The third-order valence-electron chi connectivity index (χ3n) is 4.35. The summed E-state index contributed by atoms with van der Waals surface area (Å²) < 4.78 is 11.1. The quantitative estimate of drug-likeness (QED) is 0.303. The highest BCUT2D eigenvalue weighted by atomic mass is 35.5. The third-order valence-corrected chi connectivity index (χ3v) is 4.91. The second-order valence-electron chi connectivity index (χ2n) is 6.67. The molecule has 0 radical (unpaired) electrons. The van der Waals surface area contributed by atoms with Gasteiger partial charge in [-0.15, -0.1) is 0 Å². The maximum absolute atomic E-state index is 12.5. The van der Waals surface area contributed by atoms with Crippen LogP contribution in [0.3, 0.4) is 0 Å². The summed E-state index contributed by atoms with van der Waals surface area (Å²) in [5.41, 5.74) is 1.93. The van der Waals surface area contributed by atoms with Gasteiger partial charge in [0.05, 0.1) is 16.7 Å². The molecule has 1 N–H and O–H groups in total. The largest absolute Gasteiger partial charge is 0.494 e. The molecule has 0 atom stereocenters. The Morgan fingerprint density at radius 2 is 1.69 bits per heavy atom. The molecule has 0 saturated heterocycles. The van der Waals surface area contributed by atoms with Crippen LogP contribution in [0.25, 0.3) is 6.08 Å². The summed E-state index contributed by atoms with van der Waals surface area (Å²) in [5, 5.41) is 12.7. The number of nitrogens with one attached hydrogen (secondary N) is 1. The maximum Gasteiger partial charge on any atom is 0.266 e. The first-order valence-electron chi connectivity index (χ1n) is 9.82. The molecule has 0 aliphatic carbocycles. The van der Waals surface area contributed by atoms with Crippen LogP contribution in [0.15, 0.2) is 72.3 Å². The van der Waals surface area contributed by atoms with E-state index in [0.29, 0.717) is 36.0 Å². The summed E-state index contributed by atoms with van der Waals surface area (Å²) in [4.78, 5) is 12.5. The lowest BCUT2D eigenvalue weighted by Gasteiger charge is -2.11. The summed E-state index contributed by atoms with van der Waals surface area (Å²) in [5.74, 6) is 0.486. The van der Waals surface area contributed by atoms with Gasteiger partial charge in [0.15, 0.2) is 5.75 Å². The Bertz CT molecular complexity index is 1130. The minimum absolute atomic E-state index is 0.0935. The average Bonchev–Trinajstić information content (AvgIpc) is 2.79. The van der Waals surface area contributed by atoms with E-state index in [0.717, 1.165) is 5.56 Å². The minimum Gasteiger partial charge on any atom is -0.494 e. The van der Waals surface area contributed by atoms with Crippen LogP contribution in [0.1, 0.15) is 18.1 Å². The smallest absolute Gasteiger partial charge is 0.266 e. The van der Waals surface area contributed by atoms with Crippen molar-refractivity contribution in [2.75, 3.05) is 11.9 Å². The van der Waals surface area contributed by atoms with E-state index in [4.69, 9.17) is 32.7 Å². The number of ether oxygens (including phenoxy) is 2. The fourth-order valence-electron chi connectivity index (χ4n) is 2.85. The zero-order valence-electron chi connectivity index (χ0n) is 17.3. The number of benzene rings is 3. The zero-order chi connectivity index (χ0) is 22.9. The van der Waals surface area contributed by atoms with Gasteiger partial charge in [0, 0.05) is 5.69 Å². The van der Waals surface area contributed by atoms with E-state index >= 15 is 0 Å². The second kappa shape index (κ2) is 11.2. The Balaban J connectivity index is 1.73. The lowest BCUT2D eigenvalue weighted by atomic mass is 10.1. The van der Waals surface area contributed by atoms with E-state index in [1.54, 1.807) is 36.4 Å². The molecule has 0 aliphatic rings. The summed E-state index contributed by atoms with van der Waals surface area (Å²) >= 11 is 12.7. The summed E-state index contributed by atoms with van der Waals surface area (Å²) in [7, 11) is 0. The molecule has 5 nitrogen and oxygen atoms in total. The monoisotopic (exact) mass is 466 g/mol. The number of amides is 1. The van der Waals surface area contributed by atoms with Crippen LogP contribution < -0.4 is 14.8 Å². The molecule has 0 unspecified atom stereocenters. The molecule has 0 heterocycles. The maximum atomic E-state index is 12.5. The summed E-state index contributed by atoms with van der Waals surface area (Å²) in [6, 6.07) is 21.6. The van der Waals surface area contributed by atoms with E-state index in [1.165, 1.54) is 6.08 Å². The molecule has 0 spiro atoms. The predicted molar refractivity (Wildman–Crippen MR) is 127 cm³/mol. The van der Waals surface area contributed by atoms with Crippen molar-refractivity contribution in [3.05, 3.63) is 93.5 Å². The number of hydrogen-bond acceptors (Lipinski definition) is 4. The number of anilines is 1. The van der Waals surface area contributed by atoms with Gasteiger partial charge in [-0.25, -0.2) is 0 Å². The molecule has 0 fully saturated rings. The fraction of sp³-hybridized carbons (Fsp3) is 0.120. The number of halogens is 2. The van der Waals surface area contributed by atoms with Crippen LogP contribution in [0.5, 0.6) is 11.5 Å². The normalized spacial score (nSPS) is 10.9. The van der Waals surface area contributed by atoms with Gasteiger partial charge in [-0.3, -0.25) is 4.79 Å². The van der Waals surface area contributed by atoms with Gasteiger partial charge in [0.2, 0.25) is 0 Å². The van der Waals surface area contributed by atoms with Crippen molar-refractivity contribution in [1.29, 1.82) is 5.26 Å². The van der Waals surface area contributed by atoms with Gasteiger partial charge in [0.25, 0.3) is 5.91 Å². The number of carbonyl (C=O) groups excluding carboxylic acids is 1. The molecule has 1 amide bonds. The van der Waals surface area contributed by atoms with E-state index < -0.39 is 5.91 Å². The van der Waals surface area contributed by atoms with Crippen LogP contribution in [0, 0.1) is 11.3 Å². The Morgan fingerprint density at radius 3 is 2.28 bits per heavy atom. The second-order valence-corrected chi connectivity index (χ2v) is 7.48. The van der Waals surface area contributed by atoms with Crippen molar-refractivity contribution in [3.8, 4) is 17.6 Å². The van der Waals surface area contributed by atoms with Crippen molar-refractivity contribution in [1.82, 2.24) is 0 Å². The average molecular weight is 467 g/mol. The molecule has 3 rings (SSSR count). The van der Waals surface area contributed by atoms with Gasteiger partial charge in [0.1, 0.15) is 24.0 Å². The van der Waals surface area contributed by atoms with E-state index in [-0.39, 0.29) is 15.6 Å². The number of nitrogens with zero attached hydrogens (tertiary/aromatic N) is 1. The number of carbonyl (C=O) groups is 1. The van der Waals surface area contributed by atoms with Crippen molar-refractivity contribution in [3.63, 3.8) is 0 Å². The van der Waals surface area contributed by atoms with Crippen molar-refractivity contribution < 1.29 is 14.3 Å². The van der Waals surface area contributed by atoms with Crippen LogP contribution in [0.2, 0.25) is 10.0 Å². The molecular formula is C25H20Cl2N2O3. The number of hydrogen-bond donors (Lipinski definition) is 1. The van der Waals surface area contributed by atoms with Gasteiger partial charge in [-0.05, 0) is 60.5 Å². The molecule has 32 heavy (non-hydrogen) atoms. The number of nitriles is 1. The highest BCUT2D eigenvalue weighted by molar-refractivity contribution is 6.37. The summed E-state index contributed by atoms with van der Waals surface area (Å²) in [6.07, 6.45) is 1.42. The molecule has 0 bridgehead atoms. The third kappa shape index (κ3) is 6.27. The van der Waals surface area contributed by atoms with Crippen molar-refractivity contribution in [2.45, 2.75) is 13.5 Å². The van der Waals surface area contributed by atoms with E-state index in [1.807, 2.05) is 43.3 Å².